The van der Waals surface area contributed by atoms with Crippen LogP contribution in [0.3, 0.4) is 0 Å². The highest BCUT2D eigenvalue weighted by atomic mass is 15.0. The number of aromatic nitrogens is 1. The van der Waals surface area contributed by atoms with Crippen molar-refractivity contribution in [2.75, 3.05) is 5.32 Å². The maximum atomic E-state index is 3.66. The van der Waals surface area contributed by atoms with Gasteiger partial charge in [0.2, 0.25) is 0 Å². The minimum atomic E-state index is 1.04. The molecule has 1 aromatic heterocycles. The summed E-state index contributed by atoms with van der Waals surface area (Å²) in [6, 6.07) is 71.7. The molecule has 0 aliphatic rings. The number of benzene rings is 8. The fourth-order valence-electron chi connectivity index (χ4n) is 7.04. The highest BCUT2D eigenvalue weighted by Crippen LogP contribution is 2.38. The van der Waals surface area contributed by atoms with Crippen LogP contribution in [0.2, 0.25) is 0 Å². The summed E-state index contributed by atoms with van der Waals surface area (Å²) in [5.74, 6) is 0. The van der Waals surface area contributed by atoms with Gasteiger partial charge in [-0.05, 0) is 99.1 Å². The van der Waals surface area contributed by atoms with E-state index in [2.05, 4.69) is 210 Å². The van der Waals surface area contributed by atoms with Crippen LogP contribution in [0.5, 0.6) is 0 Å². The molecule has 50 heavy (non-hydrogen) atoms. The van der Waals surface area contributed by atoms with Crippen molar-refractivity contribution in [2.24, 2.45) is 0 Å². The number of hydrogen-bond donors (Lipinski definition) is 1. The molecule has 9 aromatic rings. The van der Waals surface area contributed by atoms with Crippen LogP contribution in [-0.2, 0) is 0 Å². The number of hydrogen-bond acceptors (Lipinski definition) is 1. The van der Waals surface area contributed by atoms with Gasteiger partial charge >= 0.3 is 0 Å². The number of fused-ring (bicyclic) bond motifs is 3. The second-order valence-electron chi connectivity index (χ2n) is 12.7. The van der Waals surface area contributed by atoms with E-state index in [1.165, 1.54) is 66.3 Å². The normalized spacial score (nSPS) is 11.2. The Morgan fingerprint density at radius 2 is 0.680 bits per heavy atom. The molecule has 0 spiro atoms. The third kappa shape index (κ3) is 5.63. The Labute approximate surface area is 292 Å². The van der Waals surface area contributed by atoms with Gasteiger partial charge in [0.25, 0.3) is 0 Å². The summed E-state index contributed by atoms with van der Waals surface area (Å²) in [4.78, 5) is 0. The number of nitrogens with zero attached hydrogens (tertiary/aromatic N) is 1. The molecule has 0 aliphatic heterocycles. The average molecular weight is 639 g/mol. The Kier molecular flexibility index (Phi) is 7.53. The topological polar surface area (TPSA) is 17.0 Å². The maximum absolute atomic E-state index is 3.66. The van der Waals surface area contributed by atoms with Crippen LogP contribution in [0.1, 0.15) is 0 Å². The molecule has 0 bridgehead atoms. The SMILES string of the molecule is c1ccc(-c2ccc(-c3ccc(Nc4cccc(-n5c6ccc(-c7ccccc7)cc6c6cc(-c7ccccc7)ccc65)c4)cc3)cc2)cc1. The molecular formula is C48H34N2. The molecular weight excluding hydrogens is 605 g/mol. The maximum Gasteiger partial charge on any atom is 0.0541 e. The third-order valence-corrected chi connectivity index (χ3v) is 9.58. The van der Waals surface area contributed by atoms with Gasteiger partial charge in [-0.15, -0.1) is 0 Å². The summed E-state index contributed by atoms with van der Waals surface area (Å²) < 4.78 is 2.39. The van der Waals surface area contributed by atoms with Crippen molar-refractivity contribution < 1.29 is 0 Å². The van der Waals surface area contributed by atoms with Crippen LogP contribution in [0.25, 0.3) is 72.0 Å². The molecule has 0 saturated heterocycles. The molecule has 0 unspecified atom stereocenters. The van der Waals surface area contributed by atoms with Crippen LogP contribution >= 0.6 is 0 Å². The van der Waals surface area contributed by atoms with E-state index >= 15 is 0 Å². The Morgan fingerprint density at radius 3 is 1.16 bits per heavy atom. The van der Waals surface area contributed by atoms with Crippen LogP contribution in [-0.4, -0.2) is 4.57 Å². The zero-order valence-corrected chi connectivity index (χ0v) is 27.5. The lowest BCUT2D eigenvalue weighted by Crippen LogP contribution is -1.96. The van der Waals surface area contributed by atoms with Crippen molar-refractivity contribution in [2.45, 2.75) is 0 Å². The van der Waals surface area contributed by atoms with Gasteiger partial charge in [0.05, 0.1) is 11.0 Å². The predicted octanol–water partition coefficient (Wildman–Crippen LogP) is 13.2. The van der Waals surface area contributed by atoms with Gasteiger partial charge < -0.3 is 9.88 Å². The van der Waals surface area contributed by atoms with Gasteiger partial charge in [-0.3, -0.25) is 0 Å². The molecule has 0 fully saturated rings. The first kappa shape index (κ1) is 29.5. The minimum Gasteiger partial charge on any atom is -0.355 e. The lowest BCUT2D eigenvalue weighted by atomic mass is 10.0. The summed E-state index contributed by atoms with van der Waals surface area (Å²) in [5, 5.41) is 6.14. The smallest absolute Gasteiger partial charge is 0.0541 e. The zero-order chi connectivity index (χ0) is 33.3. The molecule has 2 nitrogen and oxygen atoms in total. The van der Waals surface area contributed by atoms with Crippen molar-refractivity contribution >= 4 is 33.2 Å². The van der Waals surface area contributed by atoms with Gasteiger partial charge in [0, 0.05) is 27.8 Å². The summed E-state index contributed by atoms with van der Waals surface area (Å²) in [6.07, 6.45) is 0. The second-order valence-corrected chi connectivity index (χ2v) is 12.7. The average Bonchev–Trinajstić information content (AvgIpc) is 3.52. The van der Waals surface area contributed by atoms with Crippen LogP contribution in [0.4, 0.5) is 11.4 Å². The monoisotopic (exact) mass is 638 g/mol. The largest absolute Gasteiger partial charge is 0.355 e. The molecule has 0 saturated carbocycles. The van der Waals surface area contributed by atoms with E-state index < -0.39 is 0 Å². The van der Waals surface area contributed by atoms with E-state index in [-0.39, 0.29) is 0 Å². The fourth-order valence-corrected chi connectivity index (χ4v) is 7.04. The van der Waals surface area contributed by atoms with Gasteiger partial charge in [-0.2, -0.15) is 0 Å². The van der Waals surface area contributed by atoms with E-state index in [9.17, 15) is 0 Å². The molecule has 0 radical (unpaired) electrons. The van der Waals surface area contributed by atoms with Gasteiger partial charge in [-0.1, -0.05) is 146 Å². The molecule has 0 atom stereocenters. The van der Waals surface area contributed by atoms with E-state index in [1.54, 1.807) is 0 Å². The Bertz CT molecular complexity index is 2470. The molecule has 1 N–H and O–H groups in total. The summed E-state index contributed by atoms with van der Waals surface area (Å²) in [7, 11) is 0. The van der Waals surface area contributed by atoms with Gasteiger partial charge in [-0.25, -0.2) is 0 Å². The number of nitrogens with one attached hydrogen (secondary N) is 1. The molecule has 1 heterocycles. The van der Waals surface area contributed by atoms with Crippen molar-refractivity contribution in [3.8, 4) is 50.2 Å². The van der Waals surface area contributed by atoms with Gasteiger partial charge in [0.1, 0.15) is 0 Å². The third-order valence-electron chi connectivity index (χ3n) is 9.58. The first-order valence-corrected chi connectivity index (χ1v) is 17.1. The quantitative estimate of drug-likeness (QED) is 0.184. The highest BCUT2D eigenvalue weighted by Gasteiger charge is 2.15. The number of rotatable bonds is 7. The Balaban J connectivity index is 1.06. The fraction of sp³-hybridized carbons (Fsp3) is 0. The molecule has 2 heteroatoms. The van der Waals surface area contributed by atoms with Crippen molar-refractivity contribution in [3.05, 3.63) is 200 Å². The summed E-state index contributed by atoms with van der Waals surface area (Å²) in [6.45, 7) is 0. The van der Waals surface area contributed by atoms with Crippen LogP contribution in [0, 0.1) is 0 Å². The lowest BCUT2D eigenvalue weighted by molar-refractivity contribution is 1.18. The van der Waals surface area contributed by atoms with Crippen LogP contribution < -0.4 is 5.32 Å². The Morgan fingerprint density at radius 1 is 0.280 bits per heavy atom. The lowest BCUT2D eigenvalue weighted by Gasteiger charge is -2.13. The minimum absolute atomic E-state index is 1.04. The highest BCUT2D eigenvalue weighted by molar-refractivity contribution is 6.11. The van der Waals surface area contributed by atoms with E-state index in [0.717, 1.165) is 17.1 Å². The van der Waals surface area contributed by atoms with Crippen molar-refractivity contribution in [1.29, 1.82) is 0 Å². The van der Waals surface area contributed by atoms with E-state index in [0.29, 0.717) is 0 Å². The van der Waals surface area contributed by atoms with Crippen molar-refractivity contribution in [3.63, 3.8) is 0 Å². The van der Waals surface area contributed by atoms with E-state index in [1.807, 2.05) is 0 Å². The van der Waals surface area contributed by atoms with E-state index in [4.69, 9.17) is 0 Å². The molecule has 8 aromatic carbocycles. The summed E-state index contributed by atoms with van der Waals surface area (Å²) >= 11 is 0. The summed E-state index contributed by atoms with van der Waals surface area (Å²) in [5.41, 5.74) is 15.3. The first-order valence-electron chi connectivity index (χ1n) is 17.1. The van der Waals surface area contributed by atoms with Gasteiger partial charge in [0.15, 0.2) is 0 Å². The number of anilines is 2. The Hall–Kier alpha value is -6.64. The zero-order valence-electron chi connectivity index (χ0n) is 27.5. The van der Waals surface area contributed by atoms with Crippen molar-refractivity contribution in [1.82, 2.24) is 4.57 Å². The first-order chi connectivity index (χ1) is 24.8. The molecule has 236 valence electrons. The molecule has 9 rings (SSSR count). The predicted molar refractivity (Wildman–Crippen MR) is 212 cm³/mol. The molecule has 0 aliphatic carbocycles. The second kappa shape index (κ2) is 12.8. The van der Waals surface area contributed by atoms with Crippen LogP contribution in [0.15, 0.2) is 200 Å². The molecule has 0 amide bonds. The standard InChI is InChI=1S/C48H34N2/c1-4-11-34(12-5-1)37-19-21-38(22-20-37)39-23-27-42(28-24-39)49-43-17-10-18-44(33-43)50-47-29-25-40(35-13-6-2-7-14-35)31-45(47)46-32-41(26-30-48(46)50)36-15-8-3-9-16-36/h1-33,49H.